The molecule has 2 heterocycles. The summed E-state index contributed by atoms with van der Waals surface area (Å²) in [4.78, 5) is 2.13. The molecule has 0 bridgehead atoms. The van der Waals surface area contributed by atoms with Crippen LogP contribution < -0.4 is 0 Å². The van der Waals surface area contributed by atoms with E-state index in [1.165, 1.54) is 12.0 Å². The van der Waals surface area contributed by atoms with E-state index in [0.717, 1.165) is 31.7 Å². The van der Waals surface area contributed by atoms with Crippen molar-refractivity contribution in [2.75, 3.05) is 13.2 Å². The molecule has 1 unspecified atom stereocenters. The van der Waals surface area contributed by atoms with Crippen LogP contribution in [0.25, 0.3) is 0 Å². The molecule has 16 heavy (non-hydrogen) atoms. The van der Waals surface area contributed by atoms with Crippen molar-refractivity contribution >= 4 is 5.84 Å². The van der Waals surface area contributed by atoms with Crippen LogP contribution >= 0.6 is 0 Å². The second kappa shape index (κ2) is 3.91. The first kappa shape index (κ1) is 9.85. The first-order valence-electron chi connectivity index (χ1n) is 5.88. The van der Waals surface area contributed by atoms with Gasteiger partial charge in [-0.15, -0.1) is 0 Å². The summed E-state index contributed by atoms with van der Waals surface area (Å²) in [6.07, 6.45) is 2.63. The highest BCUT2D eigenvalue weighted by molar-refractivity contribution is 6.00. The maximum atomic E-state index is 8.12. The first-order valence-corrected chi connectivity index (χ1v) is 5.88. The van der Waals surface area contributed by atoms with Gasteiger partial charge in [0.15, 0.2) is 0 Å². The lowest BCUT2D eigenvalue weighted by Gasteiger charge is -2.21. The fourth-order valence-corrected chi connectivity index (χ4v) is 2.53. The number of benzene rings is 1. The number of nitrogens with one attached hydrogen (secondary N) is 1. The molecule has 0 saturated carbocycles. The lowest BCUT2D eigenvalue weighted by molar-refractivity contribution is 0.0911. The maximum Gasteiger partial charge on any atom is 0.128 e. The molecule has 1 aromatic rings. The summed E-state index contributed by atoms with van der Waals surface area (Å²) in [6, 6.07) is 8.19. The van der Waals surface area contributed by atoms with E-state index in [0.29, 0.717) is 11.9 Å². The zero-order chi connectivity index (χ0) is 11.0. The van der Waals surface area contributed by atoms with E-state index < -0.39 is 0 Å². The largest absolute Gasteiger partial charge is 0.376 e. The molecular weight excluding hydrogens is 200 g/mol. The number of rotatable bonds is 2. The molecule has 1 saturated heterocycles. The summed E-state index contributed by atoms with van der Waals surface area (Å²) in [7, 11) is 0. The van der Waals surface area contributed by atoms with Crippen LogP contribution in [0.1, 0.15) is 24.0 Å². The summed E-state index contributed by atoms with van der Waals surface area (Å²) in [5, 5.41) is 8.12. The summed E-state index contributed by atoms with van der Waals surface area (Å²) < 4.78 is 5.62. The molecule has 84 valence electrons. The van der Waals surface area contributed by atoms with Gasteiger partial charge in [0, 0.05) is 25.3 Å². The molecule has 2 aliphatic rings. The third-order valence-corrected chi connectivity index (χ3v) is 3.40. The highest BCUT2D eigenvalue weighted by Gasteiger charge is 2.27. The molecule has 0 spiro atoms. The highest BCUT2D eigenvalue weighted by atomic mass is 16.5. The Morgan fingerprint density at radius 3 is 3.00 bits per heavy atom. The Labute approximate surface area is 95.5 Å². The van der Waals surface area contributed by atoms with Crippen LogP contribution in [0.5, 0.6) is 0 Å². The molecule has 0 amide bonds. The van der Waals surface area contributed by atoms with E-state index in [2.05, 4.69) is 11.0 Å². The minimum atomic E-state index is 0.328. The van der Waals surface area contributed by atoms with E-state index in [-0.39, 0.29) is 0 Å². The van der Waals surface area contributed by atoms with Gasteiger partial charge in [-0.1, -0.05) is 24.3 Å². The van der Waals surface area contributed by atoms with Crippen molar-refractivity contribution < 1.29 is 4.74 Å². The molecule has 1 N–H and O–H groups in total. The summed E-state index contributed by atoms with van der Waals surface area (Å²) in [6.45, 7) is 2.63. The second-order valence-electron chi connectivity index (χ2n) is 4.52. The smallest absolute Gasteiger partial charge is 0.128 e. The van der Waals surface area contributed by atoms with Crippen LogP contribution in [0.3, 0.4) is 0 Å². The molecule has 0 aromatic heterocycles. The van der Waals surface area contributed by atoms with Crippen molar-refractivity contribution in [3.63, 3.8) is 0 Å². The Morgan fingerprint density at radius 1 is 1.38 bits per heavy atom. The van der Waals surface area contributed by atoms with Gasteiger partial charge in [-0.2, -0.15) is 0 Å². The van der Waals surface area contributed by atoms with Gasteiger partial charge in [0.1, 0.15) is 5.84 Å². The minimum Gasteiger partial charge on any atom is -0.376 e. The van der Waals surface area contributed by atoms with E-state index in [1.54, 1.807) is 0 Å². The normalized spacial score (nSPS) is 23.9. The number of nitrogens with zero attached hydrogens (tertiary/aromatic N) is 1. The predicted octanol–water partition coefficient (Wildman–Crippen LogP) is 2.01. The first-order chi connectivity index (χ1) is 7.84. The maximum absolute atomic E-state index is 8.12. The Hall–Kier alpha value is -1.35. The Bertz CT molecular complexity index is 410. The van der Waals surface area contributed by atoms with Crippen molar-refractivity contribution in [3.8, 4) is 0 Å². The number of ether oxygens (including phenoxy) is 1. The number of hydrogen-bond acceptors (Lipinski definition) is 2. The van der Waals surface area contributed by atoms with Crippen LogP contribution in [0.4, 0.5) is 0 Å². The second-order valence-corrected chi connectivity index (χ2v) is 4.52. The molecule has 1 fully saturated rings. The monoisotopic (exact) mass is 216 g/mol. The van der Waals surface area contributed by atoms with Gasteiger partial charge in [-0.05, 0) is 18.4 Å². The van der Waals surface area contributed by atoms with Crippen LogP contribution in [0, 0.1) is 5.41 Å². The highest BCUT2D eigenvalue weighted by Crippen LogP contribution is 2.24. The lowest BCUT2D eigenvalue weighted by Crippen LogP contribution is -2.32. The zero-order valence-electron chi connectivity index (χ0n) is 9.28. The summed E-state index contributed by atoms with van der Waals surface area (Å²) in [5.74, 6) is 0.658. The van der Waals surface area contributed by atoms with Crippen LogP contribution in [-0.2, 0) is 11.3 Å². The predicted molar refractivity (Wildman–Crippen MR) is 62.7 cm³/mol. The Morgan fingerprint density at radius 2 is 2.25 bits per heavy atom. The Kier molecular flexibility index (Phi) is 2.40. The van der Waals surface area contributed by atoms with Gasteiger partial charge in [-0.25, -0.2) is 0 Å². The van der Waals surface area contributed by atoms with Gasteiger partial charge in [0.25, 0.3) is 0 Å². The zero-order valence-corrected chi connectivity index (χ0v) is 9.28. The van der Waals surface area contributed by atoms with Gasteiger partial charge < -0.3 is 9.64 Å². The lowest BCUT2D eigenvalue weighted by atomic mass is 10.1. The molecule has 3 heteroatoms. The van der Waals surface area contributed by atoms with Crippen molar-refractivity contribution in [2.45, 2.75) is 25.5 Å². The molecule has 0 aliphatic carbocycles. The van der Waals surface area contributed by atoms with E-state index in [9.17, 15) is 0 Å². The minimum absolute atomic E-state index is 0.328. The topological polar surface area (TPSA) is 36.3 Å². The SMILES string of the molecule is N=C1c2ccccc2CN1CC1CCCO1. The molecule has 2 aliphatic heterocycles. The average molecular weight is 216 g/mol. The summed E-state index contributed by atoms with van der Waals surface area (Å²) in [5.41, 5.74) is 2.35. The number of hydrogen-bond donors (Lipinski definition) is 1. The van der Waals surface area contributed by atoms with Crippen LogP contribution in [-0.4, -0.2) is 30.0 Å². The van der Waals surface area contributed by atoms with Crippen molar-refractivity contribution in [1.29, 1.82) is 5.41 Å². The van der Waals surface area contributed by atoms with Crippen molar-refractivity contribution in [3.05, 3.63) is 35.4 Å². The quantitative estimate of drug-likeness (QED) is 0.821. The average Bonchev–Trinajstić information content (AvgIpc) is 2.90. The number of fused-ring (bicyclic) bond motifs is 1. The molecular formula is C13H16N2O. The van der Waals surface area contributed by atoms with Gasteiger partial charge >= 0.3 is 0 Å². The summed E-state index contributed by atoms with van der Waals surface area (Å²) >= 11 is 0. The third kappa shape index (κ3) is 1.61. The van der Waals surface area contributed by atoms with Gasteiger partial charge in [0.2, 0.25) is 0 Å². The van der Waals surface area contributed by atoms with E-state index in [4.69, 9.17) is 10.1 Å². The Balaban J connectivity index is 1.74. The van der Waals surface area contributed by atoms with Crippen molar-refractivity contribution in [2.24, 2.45) is 0 Å². The van der Waals surface area contributed by atoms with E-state index >= 15 is 0 Å². The standard InChI is InChI=1S/C13H16N2O/c14-13-12-6-2-1-4-10(12)8-15(13)9-11-5-3-7-16-11/h1-2,4,6,11,14H,3,5,7-9H2. The fraction of sp³-hybridized carbons (Fsp3) is 0.462. The van der Waals surface area contributed by atoms with E-state index in [1.807, 2.05) is 18.2 Å². The van der Waals surface area contributed by atoms with Crippen LogP contribution in [0.2, 0.25) is 0 Å². The molecule has 0 radical (unpaired) electrons. The van der Waals surface area contributed by atoms with Crippen molar-refractivity contribution in [1.82, 2.24) is 4.90 Å². The molecule has 3 rings (SSSR count). The van der Waals surface area contributed by atoms with Gasteiger partial charge in [-0.3, -0.25) is 5.41 Å². The van der Waals surface area contributed by atoms with Gasteiger partial charge in [0.05, 0.1) is 6.10 Å². The fourth-order valence-electron chi connectivity index (χ4n) is 2.53. The molecule has 1 atom stereocenters. The number of amidine groups is 1. The molecule has 3 nitrogen and oxygen atoms in total. The third-order valence-electron chi connectivity index (χ3n) is 3.40. The molecule has 1 aromatic carbocycles. The van der Waals surface area contributed by atoms with Crippen LogP contribution in [0.15, 0.2) is 24.3 Å².